The summed E-state index contributed by atoms with van der Waals surface area (Å²) in [5, 5.41) is 36.5. The normalized spacial score (nSPS) is 24.9. The van der Waals surface area contributed by atoms with Crippen molar-refractivity contribution in [3.63, 3.8) is 0 Å². The first-order valence-corrected chi connectivity index (χ1v) is 12.3. The lowest BCUT2D eigenvalue weighted by Gasteiger charge is -2.37. The summed E-state index contributed by atoms with van der Waals surface area (Å²) in [6.07, 6.45) is 0.606. The Bertz CT molecular complexity index is 727. The van der Waals surface area contributed by atoms with Crippen molar-refractivity contribution in [3.8, 4) is 0 Å². The molecule has 10 N–H and O–H groups in total. The molecule has 0 aromatic heterocycles. The number of nitrogens with two attached hydrogens (primary N) is 1. The van der Waals surface area contributed by atoms with Gasteiger partial charge in [-0.2, -0.15) is 0 Å². The minimum Gasteiger partial charge on any atom is -0.481 e. The van der Waals surface area contributed by atoms with E-state index in [0.717, 1.165) is 0 Å². The van der Waals surface area contributed by atoms with E-state index in [1.165, 1.54) is 0 Å². The average Bonchev–Trinajstić information content (AvgIpc) is 2.77. The van der Waals surface area contributed by atoms with E-state index in [9.17, 15) is 19.2 Å². The molecule has 0 aromatic carbocycles. The van der Waals surface area contributed by atoms with Crippen LogP contribution in [-0.4, -0.2) is 117 Å². The monoisotopic (exact) mass is 516 g/mol. The number of likely N-dealkylation sites (N-methyl/N-ethyl adjacent to an activating group) is 2. The van der Waals surface area contributed by atoms with Crippen LogP contribution in [-0.2, 0) is 19.2 Å². The van der Waals surface area contributed by atoms with E-state index in [-0.39, 0.29) is 50.3 Å². The van der Waals surface area contributed by atoms with Gasteiger partial charge in [-0.1, -0.05) is 0 Å². The predicted octanol–water partition coefficient (Wildman–Crippen LogP) is -2.99. The van der Waals surface area contributed by atoms with Gasteiger partial charge in [0.1, 0.15) is 11.3 Å². The van der Waals surface area contributed by atoms with Crippen molar-refractivity contribution in [2.45, 2.75) is 49.9 Å². The van der Waals surface area contributed by atoms with Crippen molar-refractivity contribution >= 4 is 23.8 Å². The van der Waals surface area contributed by atoms with Crippen LogP contribution in [0.3, 0.4) is 0 Å². The topological polar surface area (TPSA) is 210 Å². The molecule has 2 amide bonds. The maximum Gasteiger partial charge on any atom is 0.303 e. The molecule has 1 saturated heterocycles. The number of nitrogens with one attached hydrogen (secondary N) is 6. The Morgan fingerprint density at radius 2 is 1.33 bits per heavy atom. The molecule has 0 saturated carbocycles. The number of hydrogen-bond acceptors (Lipinski definition) is 10. The predicted molar refractivity (Wildman–Crippen MR) is 134 cm³/mol. The van der Waals surface area contributed by atoms with Crippen LogP contribution in [0.4, 0.5) is 0 Å². The molecular formula is C22H44N8O6. The summed E-state index contributed by atoms with van der Waals surface area (Å²) in [7, 11) is 3.65. The number of carboxylic acid groups (broad SMARTS) is 2. The molecule has 2 atom stereocenters. The number of carbonyl (C=O) groups is 4. The summed E-state index contributed by atoms with van der Waals surface area (Å²) < 4.78 is 0. The highest BCUT2D eigenvalue weighted by atomic mass is 16.4. The number of carbonyl (C=O) groups excluding carboxylic acids is 2. The Morgan fingerprint density at radius 1 is 0.833 bits per heavy atom. The molecule has 1 aliphatic rings. The highest BCUT2D eigenvalue weighted by Gasteiger charge is 2.31. The van der Waals surface area contributed by atoms with Gasteiger partial charge in [0.15, 0.2) is 0 Å². The van der Waals surface area contributed by atoms with Gasteiger partial charge >= 0.3 is 11.9 Å². The van der Waals surface area contributed by atoms with Crippen LogP contribution in [0.15, 0.2) is 0 Å². The zero-order valence-electron chi connectivity index (χ0n) is 21.5. The largest absolute Gasteiger partial charge is 0.481 e. The highest BCUT2D eigenvalue weighted by Crippen LogP contribution is 2.04. The molecule has 0 spiro atoms. The molecule has 1 aliphatic heterocycles. The molecular weight excluding hydrogens is 472 g/mol. The third kappa shape index (κ3) is 13.7. The summed E-state index contributed by atoms with van der Waals surface area (Å²) in [5.41, 5.74) is 4.73. The number of hydrogen-bond donors (Lipinski definition) is 9. The van der Waals surface area contributed by atoms with Gasteiger partial charge in [0, 0.05) is 78.0 Å². The molecule has 0 aromatic rings. The lowest BCUT2D eigenvalue weighted by Crippen LogP contribution is -2.69. The molecule has 0 aliphatic carbocycles. The first kappa shape index (κ1) is 31.7. The van der Waals surface area contributed by atoms with E-state index < -0.39 is 23.3 Å². The quantitative estimate of drug-likeness (QED) is 0.126. The average molecular weight is 517 g/mol. The van der Waals surface area contributed by atoms with Crippen molar-refractivity contribution in [3.05, 3.63) is 0 Å². The number of nitrogens with zero attached hydrogens (tertiary/aromatic N) is 1. The smallest absolute Gasteiger partial charge is 0.303 e. The van der Waals surface area contributed by atoms with Crippen LogP contribution in [0, 0.1) is 0 Å². The summed E-state index contributed by atoms with van der Waals surface area (Å²) in [6, 6.07) is 0. The lowest BCUT2D eigenvalue weighted by atomic mass is 10.1. The van der Waals surface area contributed by atoms with E-state index >= 15 is 0 Å². The maximum atomic E-state index is 12.4. The van der Waals surface area contributed by atoms with E-state index in [4.69, 9.17) is 15.9 Å². The number of amides is 2. The second-order valence-corrected chi connectivity index (χ2v) is 9.35. The van der Waals surface area contributed by atoms with E-state index in [1.54, 1.807) is 7.05 Å². The van der Waals surface area contributed by atoms with E-state index in [1.807, 2.05) is 11.9 Å². The van der Waals surface area contributed by atoms with Crippen LogP contribution in [0.2, 0.25) is 0 Å². The summed E-state index contributed by atoms with van der Waals surface area (Å²) in [4.78, 5) is 48.2. The second kappa shape index (κ2) is 16.4. The molecule has 14 heteroatoms. The van der Waals surface area contributed by atoms with Crippen LogP contribution in [0.25, 0.3) is 0 Å². The van der Waals surface area contributed by atoms with Gasteiger partial charge in [0.25, 0.3) is 0 Å². The Morgan fingerprint density at radius 3 is 1.86 bits per heavy atom. The van der Waals surface area contributed by atoms with Crippen molar-refractivity contribution in [1.82, 2.24) is 36.8 Å². The molecule has 0 radical (unpaired) electrons. The highest BCUT2D eigenvalue weighted by molar-refractivity contribution is 5.78. The SMILES string of the molecule is CN[C@@]1(NC(=O)CCCC(=O)O)CNCCNC[C@](N)(NC(=O)CCCC(=O)O)CN(C)CCNC1. The Balaban J connectivity index is 2.71. The van der Waals surface area contributed by atoms with E-state index in [2.05, 4.69) is 31.9 Å². The van der Waals surface area contributed by atoms with Gasteiger partial charge in [0.2, 0.25) is 11.8 Å². The van der Waals surface area contributed by atoms with Crippen molar-refractivity contribution in [1.29, 1.82) is 0 Å². The Hall–Kier alpha value is -2.36. The molecule has 208 valence electrons. The van der Waals surface area contributed by atoms with Gasteiger partial charge in [-0.3, -0.25) is 24.5 Å². The third-order valence-electron chi connectivity index (χ3n) is 5.83. The Kier molecular flexibility index (Phi) is 14.4. The second-order valence-electron chi connectivity index (χ2n) is 9.35. The fourth-order valence-corrected chi connectivity index (χ4v) is 3.92. The lowest BCUT2D eigenvalue weighted by molar-refractivity contribution is -0.138. The van der Waals surface area contributed by atoms with Crippen LogP contribution < -0.4 is 37.6 Å². The number of rotatable bonds is 11. The van der Waals surface area contributed by atoms with Crippen molar-refractivity contribution in [2.24, 2.45) is 5.73 Å². The fourth-order valence-electron chi connectivity index (χ4n) is 3.92. The van der Waals surface area contributed by atoms with E-state index in [0.29, 0.717) is 52.4 Å². The van der Waals surface area contributed by atoms with Gasteiger partial charge in [-0.15, -0.1) is 0 Å². The molecule has 1 rings (SSSR count). The van der Waals surface area contributed by atoms with Crippen LogP contribution in [0.1, 0.15) is 38.5 Å². The fraction of sp³-hybridized carbons (Fsp3) is 0.818. The third-order valence-corrected chi connectivity index (χ3v) is 5.83. The minimum absolute atomic E-state index is 0.0557. The zero-order valence-corrected chi connectivity index (χ0v) is 21.5. The number of aliphatic carboxylic acids is 2. The van der Waals surface area contributed by atoms with Crippen LogP contribution in [0.5, 0.6) is 0 Å². The van der Waals surface area contributed by atoms with Crippen molar-refractivity contribution < 1.29 is 29.4 Å². The first-order valence-electron chi connectivity index (χ1n) is 12.3. The minimum atomic E-state index is -1.03. The Labute approximate surface area is 212 Å². The van der Waals surface area contributed by atoms with Crippen molar-refractivity contribution in [2.75, 3.05) is 66.5 Å². The van der Waals surface area contributed by atoms with Gasteiger partial charge < -0.3 is 47.4 Å². The first-order chi connectivity index (χ1) is 17.0. The standard InChI is InChI=1S/C22H44N8O6/c1-24-22(29-18(32)6-4-8-20(35)36)14-26-10-9-25-13-21(23,16-30(2)12-11-27-15-22)28-17(31)5-3-7-19(33)34/h24-27H,3-16,23H2,1-2H3,(H,28,31)(H,29,32)(H,33,34)(H,35,36)/t21-,22+/m0/s1. The zero-order chi connectivity index (χ0) is 27.0. The molecule has 14 nitrogen and oxygen atoms in total. The molecule has 0 bridgehead atoms. The molecule has 36 heavy (non-hydrogen) atoms. The molecule has 1 fully saturated rings. The van der Waals surface area contributed by atoms with Gasteiger partial charge in [-0.25, -0.2) is 0 Å². The summed E-state index contributed by atoms with van der Waals surface area (Å²) >= 11 is 0. The summed E-state index contributed by atoms with van der Waals surface area (Å²) in [5.74, 6) is -2.38. The number of carboxylic acids is 2. The molecule has 0 unspecified atom stereocenters. The summed E-state index contributed by atoms with van der Waals surface area (Å²) in [6.45, 7) is 3.86. The van der Waals surface area contributed by atoms with Gasteiger partial charge in [-0.05, 0) is 26.9 Å². The maximum absolute atomic E-state index is 12.4. The van der Waals surface area contributed by atoms with Gasteiger partial charge in [0.05, 0.1) is 0 Å². The van der Waals surface area contributed by atoms with Crippen LogP contribution >= 0.6 is 0 Å². The molecule has 1 heterocycles.